The number of carbonyl (C=O) groups excluding carboxylic acids is 1. The first-order valence-electron chi connectivity index (χ1n) is 5.64. The Bertz CT molecular complexity index is 593. The summed E-state index contributed by atoms with van der Waals surface area (Å²) in [5, 5.41) is 30.3. The van der Waals surface area contributed by atoms with Gasteiger partial charge in [0.2, 0.25) is 5.91 Å². The quantitative estimate of drug-likeness (QED) is 0.501. The predicted octanol–water partition coefficient (Wildman–Crippen LogP) is 1.98. The minimum Gasteiger partial charge on any atom is -0.508 e. The summed E-state index contributed by atoms with van der Waals surface area (Å²) in [6, 6.07) is 10.3. The predicted molar refractivity (Wildman–Crippen MR) is 70.2 cm³/mol. The number of amides is 1. The highest BCUT2D eigenvalue weighted by molar-refractivity contribution is 5.92. The van der Waals surface area contributed by atoms with Crippen molar-refractivity contribution in [3.63, 3.8) is 0 Å². The first-order chi connectivity index (χ1) is 9.04. The zero-order chi connectivity index (χ0) is 13.8. The number of aromatic hydroxyl groups is 3. The second-order valence-electron chi connectivity index (χ2n) is 4.09. The summed E-state index contributed by atoms with van der Waals surface area (Å²) in [5.74, 6) is -0.602. The lowest BCUT2D eigenvalue weighted by molar-refractivity contribution is -0.115. The Balaban J connectivity index is 2.01. The second kappa shape index (κ2) is 5.30. The lowest BCUT2D eigenvalue weighted by atomic mass is 10.1. The second-order valence-corrected chi connectivity index (χ2v) is 4.09. The number of nitrogens with one attached hydrogen (secondary N) is 1. The van der Waals surface area contributed by atoms with Gasteiger partial charge in [0.25, 0.3) is 0 Å². The molecule has 0 spiro atoms. The van der Waals surface area contributed by atoms with E-state index < -0.39 is 0 Å². The van der Waals surface area contributed by atoms with Crippen LogP contribution < -0.4 is 5.32 Å². The summed E-state index contributed by atoms with van der Waals surface area (Å²) in [6.45, 7) is 0. The Morgan fingerprint density at radius 3 is 2.26 bits per heavy atom. The van der Waals surface area contributed by atoms with Crippen molar-refractivity contribution in [1.82, 2.24) is 0 Å². The molecule has 2 rings (SSSR count). The molecule has 2 aromatic carbocycles. The summed E-state index contributed by atoms with van der Waals surface area (Å²) >= 11 is 0. The fourth-order valence-electron chi connectivity index (χ4n) is 1.61. The van der Waals surface area contributed by atoms with Crippen LogP contribution in [0.2, 0.25) is 0 Å². The maximum absolute atomic E-state index is 11.7. The Kier molecular flexibility index (Phi) is 3.56. The van der Waals surface area contributed by atoms with Gasteiger partial charge in [0.1, 0.15) is 5.75 Å². The van der Waals surface area contributed by atoms with Gasteiger partial charge in [-0.25, -0.2) is 0 Å². The Hall–Kier alpha value is -2.69. The average molecular weight is 259 g/mol. The Morgan fingerprint density at radius 2 is 1.63 bits per heavy atom. The molecule has 0 aliphatic rings. The van der Waals surface area contributed by atoms with E-state index in [1.54, 1.807) is 18.2 Å². The molecule has 19 heavy (non-hydrogen) atoms. The molecular formula is C14H13NO4. The molecule has 0 aromatic heterocycles. The highest BCUT2D eigenvalue weighted by Crippen LogP contribution is 2.25. The van der Waals surface area contributed by atoms with Crippen molar-refractivity contribution in [2.45, 2.75) is 6.42 Å². The zero-order valence-corrected chi connectivity index (χ0v) is 10.00. The van der Waals surface area contributed by atoms with E-state index in [0.717, 1.165) is 0 Å². The smallest absolute Gasteiger partial charge is 0.228 e. The lowest BCUT2D eigenvalue weighted by Crippen LogP contribution is -2.14. The standard InChI is InChI=1S/C14H13NO4/c16-11-4-2-10(3-5-11)15-14(19)8-9-1-6-12(17)13(18)7-9/h1-7,16-18H,8H2,(H,15,19). The molecule has 2 aromatic rings. The van der Waals surface area contributed by atoms with Gasteiger partial charge in [-0.15, -0.1) is 0 Å². The molecule has 1 amide bonds. The van der Waals surface area contributed by atoms with E-state index in [1.807, 2.05) is 0 Å². The van der Waals surface area contributed by atoms with Gasteiger partial charge in [0.15, 0.2) is 11.5 Å². The average Bonchev–Trinajstić information content (AvgIpc) is 2.37. The van der Waals surface area contributed by atoms with Gasteiger partial charge in [-0.05, 0) is 42.0 Å². The van der Waals surface area contributed by atoms with Crippen molar-refractivity contribution in [2.75, 3.05) is 5.32 Å². The number of hydrogen-bond acceptors (Lipinski definition) is 4. The molecule has 0 radical (unpaired) electrons. The van der Waals surface area contributed by atoms with E-state index in [1.165, 1.54) is 24.3 Å². The van der Waals surface area contributed by atoms with Crippen molar-refractivity contribution in [3.8, 4) is 17.2 Å². The summed E-state index contributed by atoms with van der Waals surface area (Å²) < 4.78 is 0. The van der Waals surface area contributed by atoms with Crippen LogP contribution in [-0.4, -0.2) is 21.2 Å². The third kappa shape index (κ3) is 3.38. The number of phenolic OH excluding ortho intramolecular Hbond substituents is 3. The highest BCUT2D eigenvalue weighted by atomic mass is 16.3. The van der Waals surface area contributed by atoms with Crippen LogP contribution in [0, 0.1) is 0 Å². The van der Waals surface area contributed by atoms with Crippen molar-refractivity contribution in [1.29, 1.82) is 0 Å². The van der Waals surface area contributed by atoms with E-state index in [4.69, 9.17) is 10.2 Å². The molecule has 0 saturated heterocycles. The van der Waals surface area contributed by atoms with E-state index in [2.05, 4.69) is 5.32 Å². The SMILES string of the molecule is O=C(Cc1ccc(O)c(O)c1)Nc1ccc(O)cc1. The first-order valence-corrected chi connectivity index (χ1v) is 5.64. The highest BCUT2D eigenvalue weighted by Gasteiger charge is 2.06. The number of anilines is 1. The molecule has 0 aliphatic carbocycles. The van der Waals surface area contributed by atoms with E-state index in [0.29, 0.717) is 11.3 Å². The summed E-state index contributed by atoms with van der Waals surface area (Å²) in [4.78, 5) is 11.7. The molecule has 0 saturated carbocycles. The molecule has 5 nitrogen and oxygen atoms in total. The minimum atomic E-state index is -0.255. The van der Waals surface area contributed by atoms with Gasteiger partial charge in [0.05, 0.1) is 6.42 Å². The largest absolute Gasteiger partial charge is 0.508 e. The van der Waals surface area contributed by atoms with E-state index >= 15 is 0 Å². The molecule has 98 valence electrons. The molecule has 0 aliphatic heterocycles. The van der Waals surface area contributed by atoms with Crippen molar-refractivity contribution in [3.05, 3.63) is 48.0 Å². The van der Waals surface area contributed by atoms with Gasteiger partial charge in [-0.2, -0.15) is 0 Å². The van der Waals surface area contributed by atoms with E-state index in [9.17, 15) is 9.90 Å². The van der Waals surface area contributed by atoms with Crippen LogP contribution in [-0.2, 0) is 11.2 Å². The van der Waals surface area contributed by atoms with Gasteiger partial charge in [-0.3, -0.25) is 4.79 Å². The monoisotopic (exact) mass is 259 g/mol. The van der Waals surface area contributed by atoms with Gasteiger partial charge in [-0.1, -0.05) is 6.07 Å². The van der Waals surface area contributed by atoms with Gasteiger partial charge >= 0.3 is 0 Å². The van der Waals surface area contributed by atoms with Crippen LogP contribution in [0.25, 0.3) is 0 Å². The third-order valence-electron chi connectivity index (χ3n) is 2.56. The fourth-order valence-corrected chi connectivity index (χ4v) is 1.61. The van der Waals surface area contributed by atoms with Crippen LogP contribution in [0.4, 0.5) is 5.69 Å². The number of hydrogen-bond donors (Lipinski definition) is 4. The summed E-state index contributed by atoms with van der Waals surface area (Å²) in [7, 11) is 0. The molecule has 0 heterocycles. The van der Waals surface area contributed by atoms with Crippen LogP contribution >= 0.6 is 0 Å². The summed E-state index contributed by atoms with van der Waals surface area (Å²) in [6.07, 6.45) is 0.0781. The fraction of sp³-hybridized carbons (Fsp3) is 0.0714. The van der Waals surface area contributed by atoms with Crippen molar-refractivity contribution in [2.24, 2.45) is 0 Å². The maximum atomic E-state index is 11.7. The molecule has 0 fully saturated rings. The number of rotatable bonds is 3. The number of benzene rings is 2. The third-order valence-corrected chi connectivity index (χ3v) is 2.56. The van der Waals surface area contributed by atoms with Gasteiger partial charge in [0, 0.05) is 5.69 Å². The molecule has 5 heteroatoms. The number of phenols is 3. The minimum absolute atomic E-state index is 0.0781. The van der Waals surface area contributed by atoms with Crippen LogP contribution in [0.3, 0.4) is 0 Å². The normalized spacial score (nSPS) is 10.1. The van der Waals surface area contributed by atoms with Crippen LogP contribution in [0.1, 0.15) is 5.56 Å². The lowest BCUT2D eigenvalue weighted by Gasteiger charge is -2.06. The topological polar surface area (TPSA) is 89.8 Å². The Morgan fingerprint density at radius 1 is 0.947 bits per heavy atom. The van der Waals surface area contributed by atoms with Crippen LogP contribution in [0.15, 0.2) is 42.5 Å². The van der Waals surface area contributed by atoms with Crippen molar-refractivity contribution < 1.29 is 20.1 Å². The molecule has 0 atom stereocenters. The van der Waals surface area contributed by atoms with E-state index in [-0.39, 0.29) is 29.6 Å². The molecule has 0 unspecified atom stereocenters. The maximum Gasteiger partial charge on any atom is 0.228 e. The molecule has 4 N–H and O–H groups in total. The zero-order valence-electron chi connectivity index (χ0n) is 10.00. The van der Waals surface area contributed by atoms with Crippen LogP contribution in [0.5, 0.6) is 17.2 Å². The Labute approximate surface area is 109 Å². The van der Waals surface area contributed by atoms with Crippen molar-refractivity contribution >= 4 is 11.6 Å². The summed E-state index contributed by atoms with van der Waals surface area (Å²) in [5.41, 5.74) is 1.16. The molecular weight excluding hydrogens is 246 g/mol. The first kappa shape index (κ1) is 12.8. The number of carbonyl (C=O) groups is 1. The van der Waals surface area contributed by atoms with Gasteiger partial charge < -0.3 is 20.6 Å². The molecule has 0 bridgehead atoms.